The number of carbonyl (C=O) groups excluding carboxylic acids is 1. The third-order valence-electron chi connectivity index (χ3n) is 4.65. The molecule has 6 nitrogen and oxygen atoms in total. The minimum Gasteiger partial charge on any atom is -0.492 e. The first-order valence-electron chi connectivity index (χ1n) is 9.24. The second kappa shape index (κ2) is 9.39. The molecule has 0 saturated heterocycles. The Morgan fingerprint density at radius 2 is 1.79 bits per heavy atom. The molecule has 0 saturated carbocycles. The van der Waals surface area contributed by atoms with Crippen molar-refractivity contribution in [2.24, 2.45) is 0 Å². The molecule has 0 aliphatic carbocycles. The van der Waals surface area contributed by atoms with Gasteiger partial charge in [-0.1, -0.05) is 41.9 Å². The molecule has 0 fully saturated rings. The van der Waals surface area contributed by atoms with E-state index in [0.717, 1.165) is 5.56 Å². The number of nitrogens with zero attached hydrogens (tertiary/aromatic N) is 3. The Morgan fingerprint density at radius 1 is 1.10 bits per heavy atom. The van der Waals surface area contributed by atoms with Crippen LogP contribution in [0.3, 0.4) is 0 Å². The highest BCUT2D eigenvalue weighted by Crippen LogP contribution is 2.22. The van der Waals surface area contributed by atoms with Crippen molar-refractivity contribution in [1.82, 2.24) is 14.7 Å². The van der Waals surface area contributed by atoms with Crippen LogP contribution in [0.4, 0.5) is 0 Å². The van der Waals surface area contributed by atoms with Gasteiger partial charge in [0.15, 0.2) is 0 Å². The molecule has 150 valence electrons. The van der Waals surface area contributed by atoms with Crippen LogP contribution in [-0.4, -0.2) is 34.2 Å². The predicted octanol–water partition coefficient (Wildman–Crippen LogP) is 3.81. The summed E-state index contributed by atoms with van der Waals surface area (Å²) in [5, 5.41) is 4.87. The first kappa shape index (κ1) is 20.6. The van der Waals surface area contributed by atoms with E-state index in [1.165, 1.54) is 16.8 Å². The van der Waals surface area contributed by atoms with Crippen LogP contribution in [0.1, 0.15) is 29.0 Å². The summed E-state index contributed by atoms with van der Waals surface area (Å²) in [5.41, 5.74) is 0.870. The van der Waals surface area contributed by atoms with Crippen molar-refractivity contribution in [2.45, 2.75) is 19.5 Å². The first-order valence-corrected chi connectivity index (χ1v) is 9.62. The van der Waals surface area contributed by atoms with Crippen LogP contribution in [-0.2, 0) is 6.54 Å². The van der Waals surface area contributed by atoms with Gasteiger partial charge in [0.25, 0.3) is 11.5 Å². The summed E-state index contributed by atoms with van der Waals surface area (Å²) in [5.74, 6) is 0.439. The molecule has 0 radical (unpaired) electrons. The summed E-state index contributed by atoms with van der Waals surface area (Å²) in [6, 6.07) is 19.3. The van der Waals surface area contributed by atoms with Gasteiger partial charge >= 0.3 is 0 Å². The third-order valence-corrected chi connectivity index (χ3v) is 4.91. The number of aromatic nitrogens is 2. The number of hydrogen-bond acceptors (Lipinski definition) is 4. The Labute approximate surface area is 174 Å². The molecule has 1 heterocycles. The lowest BCUT2D eigenvalue weighted by atomic mass is 10.1. The van der Waals surface area contributed by atoms with Crippen LogP contribution < -0.4 is 10.3 Å². The second-order valence-electron chi connectivity index (χ2n) is 6.59. The monoisotopic (exact) mass is 411 g/mol. The van der Waals surface area contributed by atoms with E-state index in [2.05, 4.69) is 5.10 Å². The van der Waals surface area contributed by atoms with Crippen LogP contribution in [0.15, 0.2) is 71.5 Å². The standard InChI is InChI=1S/C22H22ClN3O3/c1-16(17-8-10-18(23)11-9-17)25(2)22(28)20-12-13-21(27)26(24-20)14-15-29-19-6-4-3-5-7-19/h3-13,16H,14-15H2,1-2H3/t16-/m1/s1. The number of carbonyl (C=O) groups is 1. The molecule has 1 aromatic heterocycles. The van der Waals surface area contributed by atoms with Gasteiger partial charge < -0.3 is 9.64 Å². The van der Waals surface area contributed by atoms with Crippen LogP contribution >= 0.6 is 11.6 Å². The molecule has 0 spiro atoms. The highest BCUT2D eigenvalue weighted by Gasteiger charge is 2.20. The fourth-order valence-corrected chi connectivity index (χ4v) is 2.94. The van der Waals surface area contributed by atoms with Gasteiger partial charge in [0.1, 0.15) is 18.1 Å². The normalized spacial score (nSPS) is 11.7. The quantitative estimate of drug-likeness (QED) is 0.593. The van der Waals surface area contributed by atoms with Gasteiger partial charge in [-0.05, 0) is 42.8 Å². The Morgan fingerprint density at radius 3 is 2.48 bits per heavy atom. The summed E-state index contributed by atoms with van der Waals surface area (Å²) in [6.07, 6.45) is 0. The zero-order valence-corrected chi connectivity index (χ0v) is 17.0. The van der Waals surface area contributed by atoms with Crippen LogP contribution in [0.2, 0.25) is 5.02 Å². The van der Waals surface area contributed by atoms with E-state index in [9.17, 15) is 9.59 Å². The average Bonchev–Trinajstić information content (AvgIpc) is 2.75. The maximum Gasteiger partial charge on any atom is 0.274 e. The Kier molecular flexibility index (Phi) is 6.67. The molecule has 0 N–H and O–H groups in total. The van der Waals surface area contributed by atoms with E-state index in [0.29, 0.717) is 10.8 Å². The zero-order chi connectivity index (χ0) is 20.8. The Bertz CT molecular complexity index is 1020. The topological polar surface area (TPSA) is 64.4 Å². The first-order chi connectivity index (χ1) is 14.0. The molecule has 0 bridgehead atoms. The van der Waals surface area contributed by atoms with Gasteiger partial charge in [-0.15, -0.1) is 0 Å². The molecular formula is C22H22ClN3O3. The number of amides is 1. The van der Waals surface area contributed by atoms with E-state index in [1.807, 2.05) is 49.4 Å². The lowest BCUT2D eigenvalue weighted by Gasteiger charge is -2.25. The number of para-hydroxylation sites is 1. The zero-order valence-electron chi connectivity index (χ0n) is 16.3. The lowest BCUT2D eigenvalue weighted by Crippen LogP contribution is -2.33. The van der Waals surface area contributed by atoms with E-state index >= 15 is 0 Å². The van der Waals surface area contributed by atoms with E-state index < -0.39 is 0 Å². The predicted molar refractivity (Wildman–Crippen MR) is 112 cm³/mol. The van der Waals surface area contributed by atoms with E-state index in [-0.39, 0.29) is 36.4 Å². The maximum absolute atomic E-state index is 12.9. The Hall–Kier alpha value is -3.12. The second-order valence-corrected chi connectivity index (χ2v) is 7.02. The molecule has 3 rings (SSSR count). The number of rotatable bonds is 7. The summed E-state index contributed by atoms with van der Waals surface area (Å²) in [6.45, 7) is 2.43. The van der Waals surface area contributed by atoms with Gasteiger partial charge in [0.2, 0.25) is 0 Å². The van der Waals surface area contributed by atoms with Gasteiger partial charge in [-0.25, -0.2) is 4.68 Å². The molecule has 3 aromatic rings. The highest BCUT2D eigenvalue weighted by molar-refractivity contribution is 6.30. The highest BCUT2D eigenvalue weighted by atomic mass is 35.5. The molecule has 7 heteroatoms. The summed E-state index contributed by atoms with van der Waals surface area (Å²) in [4.78, 5) is 26.6. The van der Waals surface area contributed by atoms with Crippen LogP contribution in [0.25, 0.3) is 0 Å². The van der Waals surface area contributed by atoms with Gasteiger partial charge in [-0.3, -0.25) is 9.59 Å². The molecular weight excluding hydrogens is 390 g/mol. The number of benzene rings is 2. The fraction of sp³-hybridized carbons (Fsp3) is 0.227. The SMILES string of the molecule is C[C@H](c1ccc(Cl)cc1)N(C)C(=O)c1ccc(=O)n(CCOc2ccccc2)n1. The van der Waals surface area contributed by atoms with Crippen LogP contribution in [0.5, 0.6) is 5.75 Å². The van der Waals surface area contributed by atoms with Gasteiger partial charge in [0, 0.05) is 18.1 Å². The van der Waals surface area contributed by atoms with Crippen molar-refractivity contribution in [1.29, 1.82) is 0 Å². The third kappa shape index (κ3) is 5.23. The molecule has 2 aromatic carbocycles. The van der Waals surface area contributed by atoms with E-state index in [4.69, 9.17) is 16.3 Å². The van der Waals surface area contributed by atoms with Crippen LogP contribution in [0, 0.1) is 0 Å². The molecule has 1 atom stereocenters. The van der Waals surface area contributed by atoms with Crippen molar-refractivity contribution in [3.8, 4) is 5.75 Å². The average molecular weight is 412 g/mol. The fourth-order valence-electron chi connectivity index (χ4n) is 2.81. The minimum atomic E-state index is -0.286. The Balaban J connectivity index is 1.69. The number of ether oxygens (including phenoxy) is 1. The summed E-state index contributed by atoms with van der Waals surface area (Å²) < 4.78 is 6.86. The molecule has 29 heavy (non-hydrogen) atoms. The smallest absolute Gasteiger partial charge is 0.274 e. The van der Waals surface area contributed by atoms with Crippen molar-refractivity contribution in [3.63, 3.8) is 0 Å². The van der Waals surface area contributed by atoms with Crippen molar-refractivity contribution >= 4 is 17.5 Å². The van der Waals surface area contributed by atoms with Crippen molar-refractivity contribution < 1.29 is 9.53 Å². The molecule has 0 aliphatic heterocycles. The van der Waals surface area contributed by atoms with Crippen molar-refractivity contribution in [2.75, 3.05) is 13.7 Å². The molecule has 1 amide bonds. The maximum atomic E-state index is 12.9. The summed E-state index contributed by atoms with van der Waals surface area (Å²) >= 11 is 5.93. The largest absolute Gasteiger partial charge is 0.492 e. The number of hydrogen-bond donors (Lipinski definition) is 0. The summed E-state index contributed by atoms with van der Waals surface area (Å²) in [7, 11) is 1.71. The van der Waals surface area contributed by atoms with Gasteiger partial charge in [-0.2, -0.15) is 5.10 Å². The lowest BCUT2D eigenvalue weighted by molar-refractivity contribution is 0.0733. The minimum absolute atomic E-state index is 0.177. The molecule has 0 unspecified atom stereocenters. The van der Waals surface area contributed by atoms with Gasteiger partial charge in [0.05, 0.1) is 12.6 Å². The number of halogens is 1. The molecule has 0 aliphatic rings. The van der Waals surface area contributed by atoms with Crippen molar-refractivity contribution in [3.05, 3.63) is 93.4 Å². The van der Waals surface area contributed by atoms with E-state index in [1.54, 1.807) is 24.1 Å².